The molecule has 0 fully saturated rings. The van der Waals surface area contributed by atoms with Crippen molar-refractivity contribution >= 4 is 16.8 Å². The van der Waals surface area contributed by atoms with Crippen molar-refractivity contribution in [3.63, 3.8) is 0 Å². The lowest BCUT2D eigenvalue weighted by molar-refractivity contribution is 0.0944. The number of hydrogen-bond donors (Lipinski definition) is 3. The van der Waals surface area contributed by atoms with Crippen molar-refractivity contribution in [1.82, 2.24) is 25.1 Å². The fraction of sp³-hybridized carbons (Fsp3) is 0.105. The van der Waals surface area contributed by atoms with E-state index in [0.717, 1.165) is 16.5 Å². The maximum Gasteiger partial charge on any atom is 0.348 e. The summed E-state index contributed by atoms with van der Waals surface area (Å²) in [7, 11) is 0. The van der Waals surface area contributed by atoms with E-state index in [-0.39, 0.29) is 5.82 Å². The number of amides is 1. The van der Waals surface area contributed by atoms with Crippen LogP contribution in [0.25, 0.3) is 16.6 Å². The second-order valence-corrected chi connectivity index (χ2v) is 5.89. The molecule has 2 heterocycles. The minimum Gasteiger partial charge on any atom is -0.361 e. The van der Waals surface area contributed by atoms with Crippen LogP contribution in [0.5, 0.6) is 0 Å². The smallest absolute Gasteiger partial charge is 0.348 e. The number of carbonyl (C=O) groups excluding carboxylic acids is 1. The van der Waals surface area contributed by atoms with Gasteiger partial charge in [-0.15, -0.1) is 5.10 Å². The number of nitrogens with zero attached hydrogens (tertiary/aromatic N) is 2. The molecule has 0 unspecified atom stereocenters. The molecule has 0 spiro atoms. The molecule has 0 aliphatic rings. The normalized spacial score (nSPS) is 10.9. The second-order valence-electron chi connectivity index (χ2n) is 5.89. The Morgan fingerprint density at radius 3 is 2.69 bits per heavy atom. The van der Waals surface area contributed by atoms with E-state index in [1.807, 2.05) is 36.5 Å². The fourth-order valence-corrected chi connectivity index (χ4v) is 2.90. The minimum atomic E-state index is -0.446. The quantitative estimate of drug-likeness (QED) is 0.515. The summed E-state index contributed by atoms with van der Waals surface area (Å²) in [4.78, 5) is 30.0. The predicted octanol–water partition coefficient (Wildman–Crippen LogP) is 2.01. The van der Waals surface area contributed by atoms with Crippen molar-refractivity contribution in [3.8, 4) is 5.69 Å². The summed E-state index contributed by atoms with van der Waals surface area (Å²) in [5.41, 5.74) is 2.36. The van der Waals surface area contributed by atoms with Gasteiger partial charge in [0.25, 0.3) is 5.91 Å². The highest BCUT2D eigenvalue weighted by molar-refractivity contribution is 5.90. The standard InChI is InChI=1S/C19H17N5O2/c25-18(17-22-19(26)24(23-17)14-6-2-1-3-7-14)20-11-10-13-12-21-16-9-5-4-8-15(13)16/h1-9,12,21H,10-11H2,(H,20,25)(H,22,23,26). The molecule has 0 bridgehead atoms. The Balaban J connectivity index is 1.43. The molecular formula is C19H17N5O2. The lowest BCUT2D eigenvalue weighted by Crippen LogP contribution is -2.27. The Hall–Kier alpha value is -3.61. The van der Waals surface area contributed by atoms with Gasteiger partial charge in [-0.3, -0.25) is 9.78 Å². The molecule has 0 aliphatic carbocycles. The van der Waals surface area contributed by atoms with Gasteiger partial charge in [-0.25, -0.2) is 4.79 Å². The van der Waals surface area contributed by atoms with E-state index < -0.39 is 11.6 Å². The molecule has 7 heteroatoms. The van der Waals surface area contributed by atoms with Gasteiger partial charge < -0.3 is 10.3 Å². The largest absolute Gasteiger partial charge is 0.361 e. The Morgan fingerprint density at radius 2 is 1.85 bits per heavy atom. The number of aromatic nitrogens is 4. The molecule has 2 aromatic carbocycles. The first-order valence-corrected chi connectivity index (χ1v) is 8.30. The van der Waals surface area contributed by atoms with E-state index >= 15 is 0 Å². The Morgan fingerprint density at radius 1 is 1.08 bits per heavy atom. The summed E-state index contributed by atoms with van der Waals surface area (Å²) in [5, 5.41) is 8.01. The Labute approximate surface area is 148 Å². The maximum absolute atomic E-state index is 12.3. The van der Waals surface area contributed by atoms with Crippen LogP contribution in [-0.2, 0) is 6.42 Å². The number of carbonyl (C=O) groups is 1. The lowest BCUT2D eigenvalue weighted by atomic mass is 10.1. The highest BCUT2D eigenvalue weighted by Gasteiger charge is 2.14. The summed E-state index contributed by atoms with van der Waals surface area (Å²) in [6, 6.07) is 17.0. The lowest BCUT2D eigenvalue weighted by Gasteiger charge is -2.02. The van der Waals surface area contributed by atoms with Gasteiger partial charge in [0.2, 0.25) is 5.82 Å². The summed E-state index contributed by atoms with van der Waals surface area (Å²) in [6.07, 6.45) is 2.63. The van der Waals surface area contributed by atoms with Crippen LogP contribution in [0.15, 0.2) is 65.6 Å². The average molecular weight is 347 g/mol. The van der Waals surface area contributed by atoms with Gasteiger partial charge in [-0.2, -0.15) is 4.68 Å². The number of benzene rings is 2. The van der Waals surface area contributed by atoms with Crippen LogP contribution < -0.4 is 11.0 Å². The molecular weight excluding hydrogens is 330 g/mol. The van der Waals surface area contributed by atoms with E-state index in [1.165, 1.54) is 4.68 Å². The van der Waals surface area contributed by atoms with Gasteiger partial charge >= 0.3 is 5.69 Å². The molecule has 0 saturated carbocycles. The SMILES string of the molecule is O=C(NCCc1c[nH]c2ccccc12)c1nn(-c2ccccc2)c(=O)[nH]1. The number of para-hydroxylation sites is 2. The molecule has 26 heavy (non-hydrogen) atoms. The average Bonchev–Trinajstić information content (AvgIpc) is 3.26. The zero-order chi connectivity index (χ0) is 17.9. The van der Waals surface area contributed by atoms with E-state index in [1.54, 1.807) is 24.3 Å². The van der Waals surface area contributed by atoms with Gasteiger partial charge in [-0.1, -0.05) is 36.4 Å². The molecule has 7 nitrogen and oxygen atoms in total. The summed E-state index contributed by atoms with van der Waals surface area (Å²) < 4.78 is 1.18. The first kappa shape index (κ1) is 15.9. The number of aromatic amines is 2. The van der Waals surface area contributed by atoms with Crippen molar-refractivity contribution in [2.45, 2.75) is 6.42 Å². The van der Waals surface area contributed by atoms with Gasteiger partial charge in [0.05, 0.1) is 5.69 Å². The third-order valence-electron chi connectivity index (χ3n) is 4.19. The van der Waals surface area contributed by atoms with Crippen LogP contribution in [0.2, 0.25) is 0 Å². The third kappa shape index (κ3) is 3.02. The molecule has 1 amide bonds. The molecule has 130 valence electrons. The first-order valence-electron chi connectivity index (χ1n) is 8.30. The molecule has 0 saturated heterocycles. The minimum absolute atomic E-state index is 0.00206. The molecule has 0 radical (unpaired) electrons. The zero-order valence-electron chi connectivity index (χ0n) is 13.9. The van der Waals surface area contributed by atoms with E-state index in [0.29, 0.717) is 18.7 Å². The van der Waals surface area contributed by atoms with Crippen molar-refractivity contribution in [3.05, 3.63) is 82.7 Å². The van der Waals surface area contributed by atoms with Crippen LogP contribution >= 0.6 is 0 Å². The molecule has 0 atom stereocenters. The van der Waals surface area contributed by atoms with Crippen molar-refractivity contribution in [2.24, 2.45) is 0 Å². The van der Waals surface area contributed by atoms with Crippen LogP contribution in [-0.4, -0.2) is 32.2 Å². The Kier molecular flexibility index (Phi) is 4.10. The highest BCUT2D eigenvalue weighted by Crippen LogP contribution is 2.17. The number of H-pyrrole nitrogens is 2. The molecule has 2 aromatic heterocycles. The molecule has 0 aliphatic heterocycles. The van der Waals surface area contributed by atoms with Gasteiger partial charge in [0, 0.05) is 23.6 Å². The maximum atomic E-state index is 12.3. The molecule has 4 aromatic rings. The molecule has 4 rings (SSSR count). The Bertz CT molecular complexity index is 1110. The first-order chi connectivity index (χ1) is 12.7. The van der Waals surface area contributed by atoms with Crippen molar-refractivity contribution in [2.75, 3.05) is 6.54 Å². The van der Waals surface area contributed by atoms with Crippen molar-refractivity contribution in [1.29, 1.82) is 0 Å². The van der Waals surface area contributed by atoms with Crippen LogP contribution in [0.3, 0.4) is 0 Å². The van der Waals surface area contributed by atoms with Crippen LogP contribution in [0.1, 0.15) is 16.2 Å². The van der Waals surface area contributed by atoms with Crippen LogP contribution in [0, 0.1) is 0 Å². The predicted molar refractivity (Wildman–Crippen MR) is 98.5 cm³/mol. The number of fused-ring (bicyclic) bond motifs is 1. The van der Waals surface area contributed by atoms with Gasteiger partial charge in [-0.05, 0) is 30.2 Å². The monoisotopic (exact) mass is 347 g/mol. The van der Waals surface area contributed by atoms with Gasteiger partial charge in [0.15, 0.2) is 0 Å². The van der Waals surface area contributed by atoms with E-state index in [9.17, 15) is 9.59 Å². The van der Waals surface area contributed by atoms with E-state index in [2.05, 4.69) is 20.4 Å². The summed E-state index contributed by atoms with van der Waals surface area (Å²) >= 11 is 0. The second kappa shape index (κ2) is 6.72. The van der Waals surface area contributed by atoms with Crippen LogP contribution in [0.4, 0.5) is 0 Å². The number of hydrogen-bond acceptors (Lipinski definition) is 3. The molecule has 3 N–H and O–H groups in total. The van der Waals surface area contributed by atoms with E-state index in [4.69, 9.17) is 0 Å². The van der Waals surface area contributed by atoms with Gasteiger partial charge in [0.1, 0.15) is 0 Å². The topological polar surface area (TPSA) is 95.6 Å². The third-order valence-corrected chi connectivity index (χ3v) is 4.19. The number of nitrogens with one attached hydrogen (secondary N) is 3. The zero-order valence-corrected chi connectivity index (χ0v) is 13.9. The highest BCUT2D eigenvalue weighted by atomic mass is 16.2. The number of rotatable bonds is 5. The van der Waals surface area contributed by atoms with Crippen molar-refractivity contribution < 1.29 is 4.79 Å². The summed E-state index contributed by atoms with van der Waals surface area (Å²) in [6.45, 7) is 0.445. The fourth-order valence-electron chi connectivity index (χ4n) is 2.90. The summed E-state index contributed by atoms with van der Waals surface area (Å²) in [5.74, 6) is -0.408.